The van der Waals surface area contributed by atoms with Gasteiger partial charge in [-0.05, 0) is 31.2 Å². The fourth-order valence-corrected chi connectivity index (χ4v) is 3.62. The van der Waals surface area contributed by atoms with Gasteiger partial charge < -0.3 is 9.52 Å². The molecule has 3 heterocycles. The van der Waals surface area contributed by atoms with Crippen LogP contribution in [0.5, 0.6) is 0 Å². The number of aryl methyl sites for hydroxylation is 1. The number of carboxylic acids is 1. The number of aromatic nitrogens is 1. The Morgan fingerprint density at radius 3 is 2.90 bits per heavy atom. The van der Waals surface area contributed by atoms with Crippen LogP contribution in [0.15, 0.2) is 34.1 Å². The van der Waals surface area contributed by atoms with Gasteiger partial charge in [-0.2, -0.15) is 0 Å². The van der Waals surface area contributed by atoms with Gasteiger partial charge in [-0.15, -0.1) is 22.7 Å². The second-order valence-electron chi connectivity index (χ2n) is 4.28. The van der Waals surface area contributed by atoms with Gasteiger partial charge in [-0.25, -0.2) is 4.98 Å². The van der Waals surface area contributed by atoms with Gasteiger partial charge in [0, 0.05) is 10.3 Å². The summed E-state index contributed by atoms with van der Waals surface area (Å²) in [5.74, 6) is 0.807. The van der Waals surface area contributed by atoms with Crippen LogP contribution in [0.25, 0.3) is 21.3 Å². The van der Waals surface area contributed by atoms with Gasteiger partial charge in [0.25, 0.3) is 0 Å². The van der Waals surface area contributed by atoms with Gasteiger partial charge in [0.05, 0.1) is 17.0 Å². The standard InChI is InChI=1S/C14H11NO3S2/c1-8-2-4-11(18-8)14-15-10(7-19-14)12-5-3-9(20-12)6-13(16)17/h2-5,7H,6H2,1H3,(H,16,17). The largest absolute Gasteiger partial charge is 0.481 e. The molecule has 0 atom stereocenters. The Bertz CT molecular complexity index is 754. The third kappa shape index (κ3) is 2.66. The van der Waals surface area contributed by atoms with Crippen molar-refractivity contribution in [1.29, 1.82) is 0 Å². The van der Waals surface area contributed by atoms with Crippen LogP contribution in [0.2, 0.25) is 0 Å². The summed E-state index contributed by atoms with van der Waals surface area (Å²) in [4.78, 5) is 17.0. The number of carbonyl (C=O) groups is 1. The van der Waals surface area contributed by atoms with Gasteiger partial charge in [0.1, 0.15) is 5.76 Å². The van der Waals surface area contributed by atoms with Gasteiger partial charge in [0.15, 0.2) is 10.8 Å². The Balaban J connectivity index is 1.86. The third-order valence-corrected chi connectivity index (χ3v) is 4.66. The molecule has 0 spiro atoms. The lowest BCUT2D eigenvalue weighted by Crippen LogP contribution is -1.96. The summed E-state index contributed by atoms with van der Waals surface area (Å²) < 4.78 is 5.55. The van der Waals surface area contributed by atoms with E-state index in [0.29, 0.717) is 0 Å². The van der Waals surface area contributed by atoms with E-state index in [9.17, 15) is 4.79 Å². The predicted octanol–water partition coefficient (Wildman–Crippen LogP) is 4.07. The van der Waals surface area contributed by atoms with Crippen LogP contribution in [0.1, 0.15) is 10.6 Å². The van der Waals surface area contributed by atoms with Crippen molar-refractivity contribution in [3.63, 3.8) is 0 Å². The molecule has 0 aromatic carbocycles. The number of hydrogen-bond acceptors (Lipinski definition) is 5. The highest BCUT2D eigenvalue weighted by molar-refractivity contribution is 7.16. The second kappa shape index (κ2) is 5.22. The zero-order chi connectivity index (χ0) is 14.1. The van der Waals surface area contributed by atoms with Crippen LogP contribution in [-0.4, -0.2) is 16.1 Å². The highest BCUT2D eigenvalue weighted by Crippen LogP contribution is 2.33. The quantitative estimate of drug-likeness (QED) is 0.789. The molecule has 0 fully saturated rings. The Morgan fingerprint density at radius 1 is 1.35 bits per heavy atom. The highest BCUT2D eigenvalue weighted by atomic mass is 32.1. The molecule has 102 valence electrons. The summed E-state index contributed by atoms with van der Waals surface area (Å²) in [6.45, 7) is 1.90. The lowest BCUT2D eigenvalue weighted by Gasteiger charge is -1.90. The molecule has 3 aromatic rings. The number of nitrogens with zero attached hydrogens (tertiary/aromatic N) is 1. The first-order valence-electron chi connectivity index (χ1n) is 5.95. The molecule has 0 saturated heterocycles. The van der Waals surface area contributed by atoms with Crippen LogP contribution in [0, 0.1) is 6.92 Å². The lowest BCUT2D eigenvalue weighted by atomic mass is 10.3. The molecule has 0 radical (unpaired) electrons. The molecule has 0 bridgehead atoms. The van der Waals surface area contributed by atoms with Gasteiger partial charge in [-0.3, -0.25) is 4.79 Å². The summed E-state index contributed by atoms with van der Waals surface area (Å²) in [7, 11) is 0. The number of thiazole rings is 1. The normalized spacial score (nSPS) is 10.8. The SMILES string of the molecule is Cc1ccc(-c2nc(-c3ccc(CC(=O)O)s3)cs2)o1. The summed E-state index contributed by atoms with van der Waals surface area (Å²) in [6.07, 6.45) is 0.0546. The van der Waals surface area contributed by atoms with Crippen molar-refractivity contribution < 1.29 is 14.3 Å². The van der Waals surface area contributed by atoms with E-state index < -0.39 is 5.97 Å². The van der Waals surface area contributed by atoms with E-state index in [1.165, 1.54) is 22.7 Å². The zero-order valence-electron chi connectivity index (χ0n) is 10.6. The molecule has 0 amide bonds. The van der Waals surface area contributed by atoms with Crippen molar-refractivity contribution in [2.75, 3.05) is 0 Å². The third-order valence-electron chi connectivity index (χ3n) is 2.69. The maximum Gasteiger partial charge on any atom is 0.308 e. The summed E-state index contributed by atoms with van der Waals surface area (Å²) >= 11 is 2.98. The molecule has 0 aliphatic heterocycles. The Labute approximate surface area is 123 Å². The zero-order valence-corrected chi connectivity index (χ0v) is 12.3. The molecule has 4 nitrogen and oxygen atoms in total. The van der Waals surface area contributed by atoms with Crippen molar-refractivity contribution in [3.05, 3.63) is 40.3 Å². The molecule has 0 aliphatic carbocycles. The summed E-state index contributed by atoms with van der Waals surface area (Å²) in [5.41, 5.74) is 0.862. The molecular weight excluding hydrogens is 294 g/mol. The van der Waals surface area contributed by atoms with Crippen LogP contribution >= 0.6 is 22.7 Å². The first-order valence-corrected chi connectivity index (χ1v) is 7.64. The van der Waals surface area contributed by atoms with Crippen molar-refractivity contribution >= 4 is 28.6 Å². The minimum absolute atomic E-state index is 0.0546. The Hall–Kier alpha value is -1.92. The maximum absolute atomic E-state index is 10.7. The average molecular weight is 305 g/mol. The first kappa shape index (κ1) is 13.1. The van der Waals surface area contributed by atoms with E-state index in [1.807, 2.05) is 36.6 Å². The number of carboxylic acid groups (broad SMARTS) is 1. The lowest BCUT2D eigenvalue weighted by molar-refractivity contribution is -0.136. The molecule has 1 N–H and O–H groups in total. The van der Waals surface area contributed by atoms with E-state index in [2.05, 4.69) is 4.98 Å². The van der Waals surface area contributed by atoms with E-state index in [-0.39, 0.29) is 6.42 Å². The van der Waals surface area contributed by atoms with Crippen LogP contribution < -0.4 is 0 Å². The number of aliphatic carboxylic acids is 1. The Morgan fingerprint density at radius 2 is 2.20 bits per heavy atom. The van der Waals surface area contributed by atoms with Crippen LogP contribution in [-0.2, 0) is 11.2 Å². The van der Waals surface area contributed by atoms with Crippen molar-refractivity contribution in [2.24, 2.45) is 0 Å². The highest BCUT2D eigenvalue weighted by Gasteiger charge is 2.12. The minimum atomic E-state index is -0.816. The Kier molecular flexibility index (Phi) is 3.42. The molecule has 6 heteroatoms. The molecular formula is C14H11NO3S2. The molecule has 3 aromatic heterocycles. The van der Waals surface area contributed by atoms with Crippen molar-refractivity contribution in [3.8, 4) is 21.3 Å². The first-order chi connectivity index (χ1) is 9.61. The predicted molar refractivity (Wildman–Crippen MR) is 79.2 cm³/mol. The number of thiophene rings is 1. The van der Waals surface area contributed by atoms with Gasteiger partial charge >= 0.3 is 5.97 Å². The topological polar surface area (TPSA) is 63.3 Å². The maximum atomic E-state index is 10.7. The molecule has 3 rings (SSSR count). The summed E-state index contributed by atoms with van der Waals surface area (Å²) in [5, 5.41) is 11.6. The molecule has 20 heavy (non-hydrogen) atoms. The van der Waals surface area contributed by atoms with Crippen molar-refractivity contribution in [1.82, 2.24) is 4.98 Å². The fourth-order valence-electron chi connectivity index (χ4n) is 1.81. The van der Waals surface area contributed by atoms with Gasteiger partial charge in [0.2, 0.25) is 0 Å². The molecule has 0 unspecified atom stereocenters. The van der Waals surface area contributed by atoms with E-state index in [1.54, 1.807) is 0 Å². The number of furan rings is 1. The summed E-state index contributed by atoms with van der Waals surface area (Å²) in [6, 6.07) is 7.56. The smallest absolute Gasteiger partial charge is 0.308 e. The van der Waals surface area contributed by atoms with Gasteiger partial charge in [-0.1, -0.05) is 0 Å². The minimum Gasteiger partial charge on any atom is -0.481 e. The van der Waals surface area contributed by atoms with Crippen LogP contribution in [0.4, 0.5) is 0 Å². The van der Waals surface area contributed by atoms with Crippen molar-refractivity contribution in [2.45, 2.75) is 13.3 Å². The second-order valence-corrected chi connectivity index (χ2v) is 6.31. The number of hydrogen-bond donors (Lipinski definition) is 1. The average Bonchev–Trinajstić information content (AvgIpc) is 3.06. The number of rotatable bonds is 4. The van der Waals surface area contributed by atoms with E-state index in [4.69, 9.17) is 9.52 Å². The van der Waals surface area contributed by atoms with E-state index in [0.717, 1.165) is 32.0 Å². The molecule has 0 saturated carbocycles. The molecule has 0 aliphatic rings. The van der Waals surface area contributed by atoms with Crippen LogP contribution in [0.3, 0.4) is 0 Å². The monoisotopic (exact) mass is 305 g/mol. The van der Waals surface area contributed by atoms with E-state index >= 15 is 0 Å². The fraction of sp³-hybridized carbons (Fsp3) is 0.143.